The lowest BCUT2D eigenvalue weighted by Crippen LogP contribution is -2.42. The molecule has 0 saturated carbocycles. The Morgan fingerprint density at radius 3 is 2.20 bits per heavy atom. The summed E-state index contributed by atoms with van der Waals surface area (Å²) in [7, 11) is 0. The summed E-state index contributed by atoms with van der Waals surface area (Å²) in [5.41, 5.74) is 0.476. The molecule has 0 aliphatic rings. The Kier molecular flexibility index (Phi) is 6.53. The fourth-order valence-corrected chi connectivity index (χ4v) is 1.34. The number of hydrogen-bond acceptors (Lipinski definition) is 3. The van der Waals surface area contributed by atoms with E-state index in [0.29, 0.717) is 12.1 Å². The second-order valence-electron chi connectivity index (χ2n) is 3.92. The van der Waals surface area contributed by atoms with Gasteiger partial charge in [0.2, 0.25) is 11.8 Å². The van der Waals surface area contributed by atoms with Crippen LogP contribution in [0.25, 0.3) is 0 Å². The first-order chi connectivity index (χ1) is 9.63. The number of benzene rings is 1. The molecule has 0 aliphatic carbocycles. The fraction of sp³-hybridized carbons (Fsp3) is 0.214. The zero-order chi connectivity index (χ0) is 14.8. The van der Waals surface area contributed by atoms with Crippen LogP contribution in [-0.4, -0.2) is 37.4 Å². The molecule has 3 N–H and O–H groups in total. The van der Waals surface area contributed by atoms with Crippen molar-refractivity contribution < 1.29 is 14.4 Å². The number of nitrogens with one attached hydrogen (secondary N) is 3. The predicted molar refractivity (Wildman–Crippen MR) is 75.0 cm³/mol. The second-order valence-corrected chi connectivity index (χ2v) is 3.92. The third-order valence-electron chi connectivity index (χ3n) is 2.34. The van der Waals surface area contributed by atoms with E-state index in [1.54, 1.807) is 36.4 Å². The Morgan fingerprint density at radius 1 is 0.950 bits per heavy atom. The summed E-state index contributed by atoms with van der Waals surface area (Å²) < 4.78 is 0. The number of rotatable bonds is 7. The molecule has 106 valence electrons. The standard InChI is InChI=1S/C14H17N3O3/c1-2-8-15-12(18)9-16-13(19)10-17-14(20)11-6-4-3-5-7-11/h2-7H,1,8-10H2,(H,15,18)(H,16,19)(H,17,20). The van der Waals surface area contributed by atoms with Crippen molar-refractivity contribution in [2.45, 2.75) is 0 Å². The monoisotopic (exact) mass is 275 g/mol. The lowest BCUT2D eigenvalue weighted by Gasteiger charge is -2.07. The first kappa shape index (κ1) is 15.4. The SMILES string of the molecule is C=CCNC(=O)CNC(=O)CNC(=O)c1ccccc1. The summed E-state index contributed by atoms with van der Waals surface area (Å²) in [6.07, 6.45) is 1.54. The van der Waals surface area contributed by atoms with Crippen molar-refractivity contribution in [3.63, 3.8) is 0 Å². The van der Waals surface area contributed by atoms with Crippen LogP contribution in [0.15, 0.2) is 43.0 Å². The van der Waals surface area contributed by atoms with Gasteiger partial charge in [0.25, 0.3) is 5.91 Å². The van der Waals surface area contributed by atoms with Crippen LogP contribution in [0.2, 0.25) is 0 Å². The summed E-state index contributed by atoms with van der Waals surface area (Å²) in [5, 5.41) is 7.38. The normalized spacial score (nSPS) is 9.40. The van der Waals surface area contributed by atoms with Crippen LogP contribution in [-0.2, 0) is 9.59 Å². The Morgan fingerprint density at radius 2 is 1.55 bits per heavy atom. The molecule has 0 radical (unpaired) electrons. The molecular weight excluding hydrogens is 258 g/mol. The Labute approximate surface area is 117 Å². The van der Waals surface area contributed by atoms with Crippen LogP contribution in [0.1, 0.15) is 10.4 Å². The van der Waals surface area contributed by atoms with Gasteiger partial charge in [0.05, 0.1) is 13.1 Å². The van der Waals surface area contributed by atoms with Gasteiger partial charge in [-0.1, -0.05) is 24.3 Å². The van der Waals surface area contributed by atoms with Crippen LogP contribution in [0.5, 0.6) is 0 Å². The third-order valence-corrected chi connectivity index (χ3v) is 2.34. The van der Waals surface area contributed by atoms with E-state index in [4.69, 9.17) is 0 Å². The van der Waals surface area contributed by atoms with Crippen LogP contribution >= 0.6 is 0 Å². The zero-order valence-corrected chi connectivity index (χ0v) is 11.0. The molecule has 3 amide bonds. The van der Waals surface area contributed by atoms with Crippen molar-refractivity contribution in [3.05, 3.63) is 48.6 Å². The largest absolute Gasteiger partial charge is 0.351 e. The van der Waals surface area contributed by atoms with Gasteiger partial charge in [-0.15, -0.1) is 6.58 Å². The van der Waals surface area contributed by atoms with E-state index in [1.807, 2.05) is 0 Å². The molecule has 0 unspecified atom stereocenters. The van der Waals surface area contributed by atoms with E-state index < -0.39 is 5.91 Å². The molecule has 0 aliphatic heterocycles. The summed E-state index contributed by atoms with van der Waals surface area (Å²) in [6, 6.07) is 8.56. The smallest absolute Gasteiger partial charge is 0.251 e. The van der Waals surface area contributed by atoms with Gasteiger partial charge in [0.1, 0.15) is 0 Å². The maximum absolute atomic E-state index is 11.6. The van der Waals surface area contributed by atoms with Gasteiger partial charge in [-0.2, -0.15) is 0 Å². The molecule has 0 spiro atoms. The minimum absolute atomic E-state index is 0.131. The molecule has 1 rings (SSSR count). The van der Waals surface area contributed by atoms with E-state index in [0.717, 1.165) is 0 Å². The first-order valence-electron chi connectivity index (χ1n) is 6.11. The van der Waals surface area contributed by atoms with Gasteiger partial charge >= 0.3 is 0 Å². The Balaban J connectivity index is 2.25. The lowest BCUT2D eigenvalue weighted by atomic mass is 10.2. The number of amides is 3. The van der Waals surface area contributed by atoms with Crippen LogP contribution in [0.4, 0.5) is 0 Å². The summed E-state index contributed by atoms with van der Waals surface area (Å²) in [4.78, 5) is 34.3. The average molecular weight is 275 g/mol. The van der Waals surface area contributed by atoms with Crippen molar-refractivity contribution in [1.82, 2.24) is 16.0 Å². The molecule has 1 aromatic carbocycles. The van der Waals surface area contributed by atoms with Crippen LogP contribution < -0.4 is 16.0 Å². The van der Waals surface area contributed by atoms with Crippen molar-refractivity contribution in [1.29, 1.82) is 0 Å². The maximum Gasteiger partial charge on any atom is 0.251 e. The minimum Gasteiger partial charge on any atom is -0.351 e. The van der Waals surface area contributed by atoms with Gasteiger partial charge in [-0.3, -0.25) is 14.4 Å². The van der Waals surface area contributed by atoms with Crippen molar-refractivity contribution in [3.8, 4) is 0 Å². The quantitative estimate of drug-likeness (QED) is 0.604. The highest BCUT2D eigenvalue weighted by molar-refractivity contribution is 5.96. The highest BCUT2D eigenvalue weighted by Crippen LogP contribution is 1.96. The van der Waals surface area contributed by atoms with Crippen LogP contribution in [0.3, 0.4) is 0 Å². The third kappa shape index (κ3) is 5.81. The zero-order valence-electron chi connectivity index (χ0n) is 11.0. The van der Waals surface area contributed by atoms with E-state index in [-0.39, 0.29) is 24.9 Å². The van der Waals surface area contributed by atoms with E-state index in [1.165, 1.54) is 0 Å². The fourth-order valence-electron chi connectivity index (χ4n) is 1.34. The van der Waals surface area contributed by atoms with Crippen molar-refractivity contribution in [2.75, 3.05) is 19.6 Å². The lowest BCUT2D eigenvalue weighted by molar-refractivity contribution is -0.125. The molecule has 0 atom stereocenters. The van der Waals surface area contributed by atoms with Crippen molar-refractivity contribution in [2.24, 2.45) is 0 Å². The van der Waals surface area contributed by atoms with Gasteiger partial charge in [0, 0.05) is 12.1 Å². The Bertz CT molecular complexity index is 486. The number of carbonyl (C=O) groups excluding carboxylic acids is 3. The van der Waals surface area contributed by atoms with Crippen molar-refractivity contribution >= 4 is 17.7 Å². The van der Waals surface area contributed by atoms with E-state index in [2.05, 4.69) is 22.5 Å². The number of hydrogen-bond donors (Lipinski definition) is 3. The summed E-state index contributed by atoms with van der Waals surface area (Å²) in [5.74, 6) is -1.08. The average Bonchev–Trinajstić information content (AvgIpc) is 2.49. The minimum atomic E-state index is -0.428. The summed E-state index contributed by atoms with van der Waals surface area (Å²) >= 11 is 0. The Hall–Kier alpha value is -2.63. The van der Waals surface area contributed by atoms with E-state index >= 15 is 0 Å². The van der Waals surface area contributed by atoms with Gasteiger partial charge in [0.15, 0.2) is 0 Å². The van der Waals surface area contributed by atoms with Gasteiger partial charge in [-0.25, -0.2) is 0 Å². The topological polar surface area (TPSA) is 87.3 Å². The molecule has 0 heterocycles. The molecule has 20 heavy (non-hydrogen) atoms. The molecule has 0 saturated heterocycles. The molecular formula is C14H17N3O3. The molecule has 6 nitrogen and oxygen atoms in total. The predicted octanol–water partition coefficient (Wildman–Crippen LogP) is -0.165. The number of carbonyl (C=O) groups is 3. The summed E-state index contributed by atoms with van der Waals surface area (Å²) in [6.45, 7) is 3.49. The second kappa shape index (κ2) is 8.47. The molecule has 0 aromatic heterocycles. The maximum atomic E-state index is 11.6. The molecule has 1 aromatic rings. The van der Waals surface area contributed by atoms with Crippen LogP contribution in [0, 0.1) is 0 Å². The van der Waals surface area contributed by atoms with E-state index in [9.17, 15) is 14.4 Å². The molecule has 0 fully saturated rings. The molecule has 0 bridgehead atoms. The highest BCUT2D eigenvalue weighted by Gasteiger charge is 2.08. The highest BCUT2D eigenvalue weighted by atomic mass is 16.2. The first-order valence-corrected chi connectivity index (χ1v) is 6.11. The van der Waals surface area contributed by atoms with Gasteiger partial charge in [-0.05, 0) is 12.1 Å². The molecule has 6 heteroatoms. The van der Waals surface area contributed by atoms with Gasteiger partial charge < -0.3 is 16.0 Å².